The van der Waals surface area contributed by atoms with Gasteiger partial charge in [-0.2, -0.15) is 0 Å². The summed E-state index contributed by atoms with van der Waals surface area (Å²) >= 11 is 11.9. The highest BCUT2D eigenvalue weighted by atomic mass is 35.5. The number of carbonyl (C=O) groups is 2. The molecule has 1 aromatic rings. The molecule has 144 valence electrons. The molecule has 0 aliphatic carbocycles. The van der Waals surface area contributed by atoms with Crippen molar-refractivity contribution in [3.8, 4) is 0 Å². The summed E-state index contributed by atoms with van der Waals surface area (Å²) in [5, 5.41) is 7.04. The van der Waals surface area contributed by atoms with E-state index >= 15 is 0 Å². The fourth-order valence-electron chi connectivity index (χ4n) is 3.23. The van der Waals surface area contributed by atoms with Gasteiger partial charge < -0.3 is 15.5 Å². The fourth-order valence-corrected chi connectivity index (χ4v) is 3.52. The lowest BCUT2D eigenvalue weighted by atomic mass is 10.1. The fraction of sp³-hybridized carbons (Fsp3) is 0.529. The third-order valence-corrected chi connectivity index (χ3v) is 5.41. The highest BCUT2D eigenvalue weighted by molar-refractivity contribution is 6.42. The molecule has 6 nitrogen and oxygen atoms in total. The Morgan fingerprint density at radius 1 is 1.19 bits per heavy atom. The van der Waals surface area contributed by atoms with Gasteiger partial charge in [0.25, 0.3) is 0 Å². The van der Waals surface area contributed by atoms with Crippen LogP contribution in [0.3, 0.4) is 0 Å². The van der Waals surface area contributed by atoms with Gasteiger partial charge in [-0.3, -0.25) is 14.5 Å². The second-order valence-corrected chi connectivity index (χ2v) is 7.13. The monoisotopic (exact) mass is 420 g/mol. The first-order valence-corrected chi connectivity index (χ1v) is 9.29. The van der Waals surface area contributed by atoms with Gasteiger partial charge in [0, 0.05) is 51.5 Å². The van der Waals surface area contributed by atoms with E-state index < -0.39 is 5.92 Å². The zero-order chi connectivity index (χ0) is 17.8. The maximum atomic E-state index is 12.6. The van der Waals surface area contributed by atoms with Gasteiger partial charge in [0.2, 0.25) is 11.8 Å². The van der Waals surface area contributed by atoms with E-state index in [1.54, 1.807) is 23.1 Å². The number of nitrogens with one attached hydrogen (secondary N) is 2. The maximum absolute atomic E-state index is 12.6. The van der Waals surface area contributed by atoms with Gasteiger partial charge in [0.05, 0.1) is 10.0 Å². The van der Waals surface area contributed by atoms with Crippen LogP contribution in [0, 0.1) is 5.92 Å². The first kappa shape index (κ1) is 21.3. The second kappa shape index (κ2) is 9.76. The molecule has 0 aromatic heterocycles. The number of benzene rings is 1. The van der Waals surface area contributed by atoms with Crippen LogP contribution < -0.4 is 15.5 Å². The molecule has 2 amide bonds. The Labute approximate surface area is 169 Å². The van der Waals surface area contributed by atoms with Crippen molar-refractivity contribution in [1.29, 1.82) is 0 Å². The normalized spacial score (nSPS) is 20.8. The van der Waals surface area contributed by atoms with Gasteiger partial charge in [-0.25, -0.2) is 0 Å². The lowest BCUT2D eigenvalue weighted by molar-refractivity contribution is -0.132. The van der Waals surface area contributed by atoms with Gasteiger partial charge in [-0.15, -0.1) is 12.4 Å². The van der Waals surface area contributed by atoms with Crippen molar-refractivity contribution in [1.82, 2.24) is 15.5 Å². The second-order valence-electron chi connectivity index (χ2n) is 6.31. The van der Waals surface area contributed by atoms with E-state index in [1.165, 1.54) is 0 Å². The molecule has 2 aliphatic rings. The quantitative estimate of drug-likeness (QED) is 0.712. The van der Waals surface area contributed by atoms with E-state index in [2.05, 4.69) is 15.5 Å². The van der Waals surface area contributed by atoms with Crippen molar-refractivity contribution in [2.75, 3.05) is 50.7 Å². The number of nitrogens with zero attached hydrogens (tertiary/aromatic N) is 2. The van der Waals surface area contributed by atoms with E-state index in [4.69, 9.17) is 23.2 Å². The van der Waals surface area contributed by atoms with E-state index in [1.807, 2.05) is 0 Å². The summed E-state index contributed by atoms with van der Waals surface area (Å²) in [5.74, 6) is -1.00. The minimum absolute atomic E-state index is 0. The van der Waals surface area contributed by atoms with Crippen LogP contribution in [-0.4, -0.2) is 62.5 Å². The topological polar surface area (TPSA) is 64.7 Å². The summed E-state index contributed by atoms with van der Waals surface area (Å²) < 4.78 is 0. The number of amides is 2. The molecular formula is C17H23Cl3N4O2. The number of piperazine rings is 1. The van der Waals surface area contributed by atoms with Crippen LogP contribution in [0.5, 0.6) is 0 Å². The van der Waals surface area contributed by atoms with Crippen LogP contribution in [0.4, 0.5) is 5.69 Å². The van der Waals surface area contributed by atoms with Crippen molar-refractivity contribution in [2.24, 2.45) is 5.92 Å². The number of anilines is 1. The first-order valence-electron chi connectivity index (χ1n) is 8.53. The smallest absolute Gasteiger partial charge is 0.239 e. The highest BCUT2D eigenvalue weighted by Gasteiger charge is 2.37. The average molecular weight is 422 g/mol. The van der Waals surface area contributed by atoms with Gasteiger partial charge in [0.15, 0.2) is 0 Å². The van der Waals surface area contributed by atoms with Crippen molar-refractivity contribution in [3.05, 3.63) is 28.2 Å². The Morgan fingerprint density at radius 2 is 1.92 bits per heavy atom. The Hall–Kier alpha value is -1.05. The van der Waals surface area contributed by atoms with Gasteiger partial charge >= 0.3 is 0 Å². The largest absolute Gasteiger partial charge is 0.354 e. The predicted molar refractivity (Wildman–Crippen MR) is 106 cm³/mol. The average Bonchev–Trinajstić information content (AvgIpc) is 3.00. The third-order valence-electron chi connectivity index (χ3n) is 4.67. The summed E-state index contributed by atoms with van der Waals surface area (Å²) in [6, 6.07) is 5.07. The molecule has 1 unspecified atom stereocenters. The van der Waals surface area contributed by atoms with Crippen molar-refractivity contribution < 1.29 is 9.59 Å². The molecule has 26 heavy (non-hydrogen) atoms. The molecule has 0 saturated carbocycles. The highest BCUT2D eigenvalue weighted by Crippen LogP contribution is 2.31. The third kappa shape index (κ3) is 5.02. The summed E-state index contributed by atoms with van der Waals surface area (Å²) in [7, 11) is 0. The molecule has 1 aromatic carbocycles. The molecular weight excluding hydrogens is 399 g/mol. The lowest BCUT2D eigenvalue weighted by Crippen LogP contribution is -2.47. The predicted octanol–water partition coefficient (Wildman–Crippen LogP) is 1.79. The first-order chi connectivity index (χ1) is 12.1. The summed E-state index contributed by atoms with van der Waals surface area (Å²) in [4.78, 5) is 28.8. The zero-order valence-corrected chi connectivity index (χ0v) is 16.7. The molecule has 1 atom stereocenters. The molecule has 2 N–H and O–H groups in total. The van der Waals surface area contributed by atoms with Crippen LogP contribution >= 0.6 is 35.6 Å². The molecule has 0 radical (unpaired) electrons. The lowest BCUT2D eigenvalue weighted by Gasteiger charge is -2.27. The van der Waals surface area contributed by atoms with E-state index in [9.17, 15) is 9.59 Å². The van der Waals surface area contributed by atoms with Gasteiger partial charge in [-0.05, 0) is 24.6 Å². The van der Waals surface area contributed by atoms with E-state index in [-0.39, 0.29) is 24.2 Å². The number of hydrogen-bond acceptors (Lipinski definition) is 4. The Balaban J connectivity index is 0.00000243. The summed E-state index contributed by atoms with van der Waals surface area (Å²) in [6.45, 7) is 5.82. The van der Waals surface area contributed by atoms with Crippen LogP contribution in [-0.2, 0) is 9.59 Å². The molecule has 0 spiro atoms. The molecule has 2 heterocycles. The number of halogens is 3. The van der Waals surface area contributed by atoms with Gasteiger partial charge in [-0.1, -0.05) is 23.2 Å². The zero-order valence-electron chi connectivity index (χ0n) is 14.3. The van der Waals surface area contributed by atoms with Crippen LogP contribution in [0.25, 0.3) is 0 Å². The Morgan fingerprint density at radius 3 is 2.62 bits per heavy atom. The minimum Gasteiger partial charge on any atom is -0.354 e. The molecule has 2 fully saturated rings. The SMILES string of the molecule is Cl.O=C(NCCN1CCNCC1)C1CCN(c2ccc(Cl)c(Cl)c2)C1=O. The van der Waals surface area contributed by atoms with Crippen molar-refractivity contribution >= 4 is 53.1 Å². The maximum Gasteiger partial charge on any atom is 0.239 e. The van der Waals surface area contributed by atoms with Crippen molar-refractivity contribution in [2.45, 2.75) is 6.42 Å². The minimum atomic E-state index is -0.627. The number of hydrogen-bond donors (Lipinski definition) is 2. The van der Waals surface area contributed by atoms with Crippen molar-refractivity contribution in [3.63, 3.8) is 0 Å². The standard InChI is InChI=1S/C17H22Cl2N4O2.ClH/c18-14-2-1-12(11-15(14)19)23-7-3-13(17(23)25)16(24)21-6-10-22-8-4-20-5-9-22;/h1-2,11,13,20H,3-10H2,(H,21,24);1H. The molecule has 2 aliphatic heterocycles. The summed E-state index contributed by atoms with van der Waals surface area (Å²) in [6.07, 6.45) is 0.512. The van der Waals surface area contributed by atoms with Crippen LogP contribution in [0.1, 0.15) is 6.42 Å². The molecule has 3 rings (SSSR count). The summed E-state index contributed by atoms with van der Waals surface area (Å²) in [5.41, 5.74) is 0.676. The Kier molecular flexibility index (Phi) is 7.98. The number of rotatable bonds is 5. The number of carbonyl (C=O) groups excluding carboxylic acids is 2. The van der Waals surface area contributed by atoms with Gasteiger partial charge in [0.1, 0.15) is 5.92 Å². The Bertz CT molecular complexity index is 653. The molecule has 9 heteroatoms. The molecule has 2 saturated heterocycles. The van der Waals surface area contributed by atoms with Crippen LogP contribution in [0.15, 0.2) is 18.2 Å². The van der Waals surface area contributed by atoms with E-state index in [0.29, 0.717) is 35.2 Å². The van der Waals surface area contributed by atoms with E-state index in [0.717, 1.165) is 32.7 Å². The van der Waals surface area contributed by atoms with Crippen LogP contribution in [0.2, 0.25) is 10.0 Å². The molecule has 0 bridgehead atoms.